The summed E-state index contributed by atoms with van der Waals surface area (Å²) < 4.78 is 17.2. The van der Waals surface area contributed by atoms with Crippen molar-refractivity contribution in [2.45, 2.75) is 57.8 Å². The maximum atomic E-state index is 15.2. The predicted molar refractivity (Wildman–Crippen MR) is 130 cm³/mol. The first-order valence-corrected chi connectivity index (χ1v) is 11.7. The molecule has 0 spiro atoms. The number of fused-ring (bicyclic) bond motifs is 3. The number of pyridine rings is 1. The molecule has 1 N–H and O–H groups in total. The normalized spacial score (nSPS) is 21.5. The predicted octanol–water partition coefficient (Wildman–Crippen LogP) is 6.75. The maximum Gasteiger partial charge on any atom is 0.161 e. The van der Waals surface area contributed by atoms with Gasteiger partial charge in [-0.25, -0.2) is 14.4 Å². The summed E-state index contributed by atoms with van der Waals surface area (Å²) in [7, 11) is 0. The van der Waals surface area contributed by atoms with Crippen molar-refractivity contribution in [3.63, 3.8) is 0 Å². The van der Waals surface area contributed by atoms with Gasteiger partial charge in [0.25, 0.3) is 0 Å². The summed E-state index contributed by atoms with van der Waals surface area (Å²) in [6, 6.07) is 11.5. The van der Waals surface area contributed by atoms with Crippen LogP contribution in [0.5, 0.6) is 0 Å². The van der Waals surface area contributed by atoms with E-state index in [1.165, 1.54) is 18.4 Å². The molecule has 0 amide bonds. The first-order chi connectivity index (χ1) is 15.8. The molecule has 4 nitrogen and oxygen atoms in total. The van der Waals surface area contributed by atoms with E-state index in [1.807, 2.05) is 47.0 Å². The molecule has 2 aromatic heterocycles. The van der Waals surface area contributed by atoms with Gasteiger partial charge in [-0.3, -0.25) is 0 Å². The number of aliphatic hydroxyl groups is 1. The Kier molecular flexibility index (Phi) is 5.32. The summed E-state index contributed by atoms with van der Waals surface area (Å²) >= 11 is 0. The first kappa shape index (κ1) is 21.8. The van der Waals surface area contributed by atoms with Gasteiger partial charge in [0.1, 0.15) is 11.3 Å². The lowest BCUT2D eigenvalue weighted by atomic mass is 9.92. The van der Waals surface area contributed by atoms with E-state index in [1.54, 1.807) is 19.9 Å². The minimum Gasteiger partial charge on any atom is -0.386 e. The SMILES string of the molecule is C=C/C=C(\C(=C/C)C1CC1)C1CC(F)c2nc3ccc(-c4ccc(C(C)(C)O)cc4)nc3n21. The number of imidazole rings is 1. The van der Waals surface area contributed by atoms with Crippen molar-refractivity contribution < 1.29 is 9.50 Å². The number of aromatic nitrogens is 3. The molecule has 1 aromatic carbocycles. The van der Waals surface area contributed by atoms with Crippen LogP contribution in [-0.4, -0.2) is 19.6 Å². The van der Waals surface area contributed by atoms with Crippen LogP contribution in [0.4, 0.5) is 4.39 Å². The van der Waals surface area contributed by atoms with Gasteiger partial charge in [0, 0.05) is 12.0 Å². The zero-order valence-electron chi connectivity index (χ0n) is 19.4. The Bertz CT molecular complexity index is 1270. The van der Waals surface area contributed by atoms with Gasteiger partial charge in [-0.1, -0.05) is 49.1 Å². The number of benzene rings is 1. The second kappa shape index (κ2) is 8.07. The molecule has 3 heterocycles. The van der Waals surface area contributed by atoms with Crippen LogP contribution < -0.4 is 0 Å². The van der Waals surface area contributed by atoms with Gasteiger partial charge in [-0.05, 0) is 68.4 Å². The lowest BCUT2D eigenvalue weighted by Gasteiger charge is -2.21. The molecule has 1 aliphatic carbocycles. The van der Waals surface area contributed by atoms with E-state index < -0.39 is 11.8 Å². The van der Waals surface area contributed by atoms with Crippen LogP contribution in [0.2, 0.25) is 0 Å². The molecule has 5 rings (SSSR count). The molecule has 33 heavy (non-hydrogen) atoms. The number of hydrogen-bond donors (Lipinski definition) is 1. The van der Waals surface area contributed by atoms with Gasteiger partial charge in [-0.15, -0.1) is 0 Å². The summed E-state index contributed by atoms with van der Waals surface area (Å²) in [6.07, 6.45) is 7.61. The minimum absolute atomic E-state index is 0.148. The summed E-state index contributed by atoms with van der Waals surface area (Å²) in [5, 5.41) is 10.2. The van der Waals surface area contributed by atoms with Crippen LogP contribution in [0.3, 0.4) is 0 Å². The number of alkyl halides is 1. The quantitative estimate of drug-likeness (QED) is 0.429. The highest BCUT2D eigenvalue weighted by atomic mass is 19.1. The van der Waals surface area contributed by atoms with Crippen molar-refractivity contribution in [3.8, 4) is 11.3 Å². The third-order valence-corrected chi connectivity index (χ3v) is 6.79. The summed E-state index contributed by atoms with van der Waals surface area (Å²) in [4.78, 5) is 9.55. The van der Waals surface area contributed by atoms with Crippen molar-refractivity contribution in [1.29, 1.82) is 0 Å². The third kappa shape index (κ3) is 3.84. The molecule has 170 valence electrons. The Labute approximate surface area is 194 Å². The highest BCUT2D eigenvalue weighted by Gasteiger charge is 2.39. The average molecular weight is 444 g/mol. The Hall–Kier alpha value is -3.05. The standard InChI is InChI=1S/C28H30FN3O/c1-5-7-21(20(6-2)17-8-9-17)25-16-22(29)26-31-24-15-14-23(30-27(24)32(25)26)18-10-12-19(13-11-18)28(3,4)33/h5-7,10-15,17,22,25,33H,1,8-9,16H2,2-4H3/b20-6-,21-7+. The largest absolute Gasteiger partial charge is 0.386 e. The minimum atomic E-state index is -1.12. The molecule has 3 aromatic rings. The Morgan fingerprint density at radius 1 is 1.12 bits per heavy atom. The van der Waals surface area contributed by atoms with E-state index in [0.29, 0.717) is 29.3 Å². The van der Waals surface area contributed by atoms with Crippen LogP contribution in [0.15, 0.2) is 72.4 Å². The highest BCUT2D eigenvalue weighted by Crippen LogP contribution is 2.49. The molecule has 0 saturated heterocycles. The van der Waals surface area contributed by atoms with Gasteiger partial charge in [0.15, 0.2) is 11.8 Å². The molecular weight excluding hydrogens is 413 g/mol. The Morgan fingerprint density at radius 2 is 1.85 bits per heavy atom. The Balaban J connectivity index is 1.60. The van der Waals surface area contributed by atoms with Gasteiger partial charge in [0.2, 0.25) is 0 Å². The molecule has 1 saturated carbocycles. The van der Waals surface area contributed by atoms with E-state index in [0.717, 1.165) is 22.4 Å². The maximum absolute atomic E-state index is 15.2. The average Bonchev–Trinajstić information content (AvgIpc) is 3.48. The third-order valence-electron chi connectivity index (χ3n) is 6.79. The van der Waals surface area contributed by atoms with Gasteiger partial charge in [-0.2, -0.15) is 0 Å². The molecule has 0 radical (unpaired) electrons. The molecule has 1 fully saturated rings. The van der Waals surface area contributed by atoms with Crippen LogP contribution in [0.25, 0.3) is 22.4 Å². The number of hydrogen-bond acceptors (Lipinski definition) is 3. The molecule has 1 aliphatic heterocycles. The van der Waals surface area contributed by atoms with E-state index in [4.69, 9.17) is 4.98 Å². The summed E-state index contributed by atoms with van der Waals surface area (Å²) in [6.45, 7) is 9.51. The second-order valence-electron chi connectivity index (χ2n) is 9.61. The molecule has 2 aliphatic rings. The zero-order valence-corrected chi connectivity index (χ0v) is 19.4. The van der Waals surface area contributed by atoms with Crippen molar-refractivity contribution in [3.05, 3.63) is 83.7 Å². The molecule has 2 atom stereocenters. The van der Waals surface area contributed by atoms with Gasteiger partial charge in [0.05, 0.1) is 17.3 Å². The second-order valence-corrected chi connectivity index (χ2v) is 9.61. The number of halogens is 1. The van der Waals surface area contributed by atoms with Crippen LogP contribution in [-0.2, 0) is 5.60 Å². The van der Waals surface area contributed by atoms with E-state index >= 15 is 4.39 Å². The summed E-state index contributed by atoms with van der Waals surface area (Å²) in [5.41, 5.74) is 5.53. The van der Waals surface area contributed by atoms with Gasteiger partial charge < -0.3 is 9.67 Å². The lowest BCUT2D eigenvalue weighted by Crippen LogP contribution is -2.14. The zero-order chi connectivity index (χ0) is 23.3. The highest BCUT2D eigenvalue weighted by molar-refractivity contribution is 5.77. The fourth-order valence-corrected chi connectivity index (χ4v) is 4.96. The fraction of sp³-hybridized carbons (Fsp3) is 0.357. The molecule has 0 bridgehead atoms. The van der Waals surface area contributed by atoms with E-state index in [9.17, 15) is 5.11 Å². The van der Waals surface area contributed by atoms with Crippen LogP contribution in [0, 0.1) is 5.92 Å². The van der Waals surface area contributed by atoms with Crippen molar-refractivity contribution in [1.82, 2.24) is 14.5 Å². The monoisotopic (exact) mass is 443 g/mol. The van der Waals surface area contributed by atoms with Gasteiger partial charge >= 0.3 is 0 Å². The van der Waals surface area contributed by atoms with E-state index in [-0.39, 0.29) is 6.04 Å². The van der Waals surface area contributed by atoms with Crippen molar-refractivity contribution in [2.24, 2.45) is 5.92 Å². The smallest absolute Gasteiger partial charge is 0.161 e. The fourth-order valence-electron chi connectivity index (χ4n) is 4.96. The topological polar surface area (TPSA) is 50.9 Å². The molecule has 2 unspecified atom stereocenters. The molecular formula is C28H30FN3O. The van der Waals surface area contributed by atoms with Crippen LogP contribution >= 0.6 is 0 Å². The van der Waals surface area contributed by atoms with Crippen molar-refractivity contribution in [2.75, 3.05) is 0 Å². The number of allylic oxidation sites excluding steroid dienone is 5. The summed E-state index contributed by atoms with van der Waals surface area (Å²) in [5.74, 6) is 1.01. The Morgan fingerprint density at radius 3 is 2.45 bits per heavy atom. The number of nitrogens with zero attached hydrogens (tertiary/aromatic N) is 3. The van der Waals surface area contributed by atoms with Crippen LogP contribution in [0.1, 0.15) is 63.6 Å². The first-order valence-electron chi connectivity index (χ1n) is 11.7. The molecule has 5 heteroatoms. The lowest BCUT2D eigenvalue weighted by molar-refractivity contribution is 0.0786. The van der Waals surface area contributed by atoms with E-state index in [2.05, 4.69) is 24.6 Å². The van der Waals surface area contributed by atoms with Crippen molar-refractivity contribution >= 4 is 11.2 Å². The number of rotatable bonds is 6.